The Balaban J connectivity index is 2.78. The van der Waals surface area contributed by atoms with Gasteiger partial charge in [-0.25, -0.2) is 4.98 Å². The van der Waals surface area contributed by atoms with E-state index in [2.05, 4.69) is 58.0 Å². The van der Waals surface area contributed by atoms with Gasteiger partial charge in [-0.05, 0) is 40.6 Å². The van der Waals surface area contributed by atoms with Crippen molar-refractivity contribution in [2.45, 2.75) is 19.8 Å². The second-order valence-electron chi connectivity index (χ2n) is 3.38. The molecule has 0 saturated carbocycles. The van der Waals surface area contributed by atoms with E-state index in [1.54, 1.807) is 0 Å². The van der Waals surface area contributed by atoms with E-state index in [-0.39, 0.29) is 0 Å². The normalized spacial score (nSPS) is 11.4. The third-order valence-electron chi connectivity index (χ3n) is 2.12. The monoisotopic (exact) mass is 286 g/mol. The zero-order valence-corrected chi connectivity index (χ0v) is 9.82. The second-order valence-corrected chi connectivity index (χ2v) is 4.54. The molecule has 0 N–H and O–H groups in total. The summed E-state index contributed by atoms with van der Waals surface area (Å²) in [5.41, 5.74) is 2.37. The first-order valence-electron chi connectivity index (χ1n) is 4.31. The fourth-order valence-electron chi connectivity index (χ4n) is 1.47. The molecule has 2 heterocycles. The molecular weight excluding hydrogens is 275 g/mol. The van der Waals surface area contributed by atoms with Crippen LogP contribution in [0.1, 0.15) is 25.5 Å². The predicted molar refractivity (Wildman–Crippen MR) is 62.0 cm³/mol. The average Bonchev–Trinajstić information content (AvgIpc) is 2.53. The van der Waals surface area contributed by atoms with E-state index in [1.165, 1.54) is 9.26 Å². The molecule has 2 rings (SSSR count). The molecule has 68 valence electrons. The number of rotatable bonds is 1. The van der Waals surface area contributed by atoms with E-state index in [4.69, 9.17) is 0 Å². The van der Waals surface area contributed by atoms with Crippen molar-refractivity contribution >= 4 is 28.2 Å². The van der Waals surface area contributed by atoms with Crippen molar-refractivity contribution in [1.29, 1.82) is 0 Å². The van der Waals surface area contributed by atoms with Crippen LogP contribution in [0, 0.1) is 3.57 Å². The van der Waals surface area contributed by atoms with Gasteiger partial charge in [-0.3, -0.25) is 0 Å². The lowest BCUT2D eigenvalue weighted by Crippen LogP contribution is -1.98. The molecule has 0 saturated heterocycles. The van der Waals surface area contributed by atoms with Gasteiger partial charge in [-0.2, -0.15) is 0 Å². The average molecular weight is 286 g/mol. The van der Waals surface area contributed by atoms with Gasteiger partial charge in [0.05, 0.1) is 3.57 Å². The summed E-state index contributed by atoms with van der Waals surface area (Å²) in [6, 6.07) is 4.29. The fourth-order valence-corrected chi connectivity index (χ4v) is 2.05. The van der Waals surface area contributed by atoms with Crippen LogP contribution in [0.15, 0.2) is 24.5 Å². The number of hydrogen-bond donors (Lipinski definition) is 0. The van der Waals surface area contributed by atoms with Gasteiger partial charge in [-0.15, -0.1) is 0 Å². The lowest BCUT2D eigenvalue weighted by molar-refractivity contribution is 0.800. The van der Waals surface area contributed by atoms with E-state index >= 15 is 0 Å². The molecule has 0 spiro atoms. The lowest BCUT2D eigenvalue weighted by atomic mass is 10.1. The molecule has 13 heavy (non-hydrogen) atoms. The molecule has 0 radical (unpaired) electrons. The van der Waals surface area contributed by atoms with Gasteiger partial charge in [0.1, 0.15) is 5.65 Å². The first-order chi connectivity index (χ1) is 6.20. The molecule has 2 aromatic heterocycles. The Hall–Kier alpha value is -0.580. The SMILES string of the molecule is CC(C)c1ccc(I)c2nccn12. The maximum absolute atomic E-state index is 4.32. The zero-order valence-electron chi connectivity index (χ0n) is 7.66. The molecule has 0 fully saturated rings. The molecule has 0 aliphatic carbocycles. The van der Waals surface area contributed by atoms with Crippen molar-refractivity contribution in [2.24, 2.45) is 0 Å². The summed E-state index contributed by atoms with van der Waals surface area (Å²) in [5, 5.41) is 0. The van der Waals surface area contributed by atoms with Crippen molar-refractivity contribution in [3.05, 3.63) is 33.8 Å². The molecular formula is C10H11IN2. The van der Waals surface area contributed by atoms with E-state index in [9.17, 15) is 0 Å². The van der Waals surface area contributed by atoms with E-state index in [1.807, 2.05) is 12.4 Å². The molecule has 0 bridgehead atoms. The Morgan fingerprint density at radius 2 is 2.15 bits per heavy atom. The van der Waals surface area contributed by atoms with Crippen molar-refractivity contribution in [3.8, 4) is 0 Å². The van der Waals surface area contributed by atoms with Crippen molar-refractivity contribution in [3.63, 3.8) is 0 Å². The number of fused-ring (bicyclic) bond motifs is 1. The molecule has 0 unspecified atom stereocenters. The Morgan fingerprint density at radius 1 is 1.38 bits per heavy atom. The Kier molecular flexibility index (Phi) is 2.27. The van der Waals surface area contributed by atoms with E-state index in [0.29, 0.717) is 5.92 Å². The first-order valence-corrected chi connectivity index (χ1v) is 5.39. The minimum atomic E-state index is 0.536. The molecule has 2 aromatic rings. The highest BCUT2D eigenvalue weighted by Crippen LogP contribution is 2.19. The van der Waals surface area contributed by atoms with Crippen LogP contribution in [-0.2, 0) is 0 Å². The Bertz CT molecular complexity index is 431. The molecule has 0 aliphatic heterocycles. The second kappa shape index (κ2) is 3.29. The largest absolute Gasteiger partial charge is 0.303 e. The minimum absolute atomic E-state index is 0.536. The summed E-state index contributed by atoms with van der Waals surface area (Å²) < 4.78 is 3.36. The number of aromatic nitrogens is 2. The number of imidazole rings is 1. The summed E-state index contributed by atoms with van der Waals surface area (Å²) in [6.45, 7) is 4.39. The topological polar surface area (TPSA) is 17.3 Å². The molecule has 0 aliphatic rings. The fraction of sp³-hybridized carbons (Fsp3) is 0.300. The molecule has 3 heteroatoms. The van der Waals surface area contributed by atoms with E-state index < -0.39 is 0 Å². The Morgan fingerprint density at radius 3 is 2.85 bits per heavy atom. The van der Waals surface area contributed by atoms with Crippen LogP contribution in [0.5, 0.6) is 0 Å². The highest BCUT2D eigenvalue weighted by Gasteiger charge is 2.06. The summed E-state index contributed by atoms with van der Waals surface area (Å²) in [5.74, 6) is 0.536. The van der Waals surface area contributed by atoms with Crippen molar-refractivity contribution < 1.29 is 0 Å². The maximum Gasteiger partial charge on any atom is 0.150 e. The zero-order chi connectivity index (χ0) is 9.42. The standard InChI is InChI=1S/C10H11IN2/c1-7(2)9-4-3-8(11)10-12-5-6-13(9)10/h3-7H,1-2H3. The molecule has 0 amide bonds. The van der Waals surface area contributed by atoms with Crippen molar-refractivity contribution in [2.75, 3.05) is 0 Å². The van der Waals surface area contributed by atoms with Crippen LogP contribution in [0.3, 0.4) is 0 Å². The van der Waals surface area contributed by atoms with Gasteiger partial charge in [0, 0.05) is 18.1 Å². The minimum Gasteiger partial charge on any atom is -0.303 e. The summed E-state index contributed by atoms with van der Waals surface area (Å²) in [7, 11) is 0. The summed E-state index contributed by atoms with van der Waals surface area (Å²) in [4.78, 5) is 4.32. The molecule has 0 atom stereocenters. The van der Waals surface area contributed by atoms with Crippen LogP contribution in [0.4, 0.5) is 0 Å². The maximum atomic E-state index is 4.32. The van der Waals surface area contributed by atoms with Gasteiger partial charge in [-0.1, -0.05) is 13.8 Å². The Labute approximate surface area is 91.1 Å². The molecule has 2 nitrogen and oxygen atoms in total. The van der Waals surface area contributed by atoms with E-state index in [0.717, 1.165) is 5.65 Å². The van der Waals surface area contributed by atoms with Gasteiger partial charge >= 0.3 is 0 Å². The lowest BCUT2D eigenvalue weighted by Gasteiger charge is -2.09. The summed E-state index contributed by atoms with van der Waals surface area (Å²) >= 11 is 2.31. The van der Waals surface area contributed by atoms with Crippen LogP contribution in [-0.4, -0.2) is 9.38 Å². The highest BCUT2D eigenvalue weighted by molar-refractivity contribution is 14.1. The summed E-state index contributed by atoms with van der Waals surface area (Å²) in [6.07, 6.45) is 3.87. The van der Waals surface area contributed by atoms with Gasteiger partial charge in [0.2, 0.25) is 0 Å². The molecule has 0 aromatic carbocycles. The number of halogens is 1. The first kappa shape index (κ1) is 8.99. The number of pyridine rings is 1. The third-order valence-corrected chi connectivity index (χ3v) is 2.97. The van der Waals surface area contributed by atoms with Crippen LogP contribution in [0.2, 0.25) is 0 Å². The van der Waals surface area contributed by atoms with Gasteiger partial charge in [0.15, 0.2) is 0 Å². The highest BCUT2D eigenvalue weighted by atomic mass is 127. The van der Waals surface area contributed by atoms with Gasteiger partial charge in [0.25, 0.3) is 0 Å². The van der Waals surface area contributed by atoms with Crippen molar-refractivity contribution in [1.82, 2.24) is 9.38 Å². The van der Waals surface area contributed by atoms with Crippen LogP contribution >= 0.6 is 22.6 Å². The predicted octanol–water partition coefficient (Wildman–Crippen LogP) is 3.06. The third kappa shape index (κ3) is 1.45. The smallest absolute Gasteiger partial charge is 0.150 e. The van der Waals surface area contributed by atoms with Gasteiger partial charge < -0.3 is 4.40 Å². The number of nitrogens with zero attached hydrogens (tertiary/aromatic N) is 2. The number of hydrogen-bond acceptors (Lipinski definition) is 1. The van der Waals surface area contributed by atoms with Crippen LogP contribution in [0.25, 0.3) is 5.65 Å². The quantitative estimate of drug-likeness (QED) is 0.736. The van der Waals surface area contributed by atoms with Crippen LogP contribution < -0.4 is 0 Å².